The molecule has 0 rings (SSSR count). The van der Waals surface area contributed by atoms with Crippen molar-refractivity contribution in [3.63, 3.8) is 0 Å². The van der Waals surface area contributed by atoms with E-state index in [0.29, 0.717) is 0 Å². The molecule has 0 nitrogen and oxygen atoms in total. The van der Waals surface area contributed by atoms with Crippen molar-refractivity contribution in [1.82, 2.24) is 0 Å². The molecule has 0 aliphatic rings. The second-order valence-electron chi connectivity index (χ2n) is 2.07. The molecule has 9 heavy (non-hydrogen) atoms. The van der Waals surface area contributed by atoms with Gasteiger partial charge in [-0.25, -0.2) is 0 Å². The van der Waals surface area contributed by atoms with Gasteiger partial charge in [-0.1, -0.05) is 0 Å². The number of unbranched alkanes of at least 4 members (excludes halogenated alkanes) is 2. The van der Waals surface area contributed by atoms with Crippen LogP contribution in [-0.2, 0) is 7.70 Å². The van der Waals surface area contributed by atoms with Crippen LogP contribution < -0.4 is 0 Å². The first-order chi connectivity index (χ1) is 4.06. The molecule has 0 spiro atoms. The number of hydrogen-bond acceptors (Lipinski definition) is 0. The predicted octanol–water partition coefficient (Wildman–Crippen LogP) is 4.80. The summed E-state index contributed by atoms with van der Waals surface area (Å²) in [6, 6.07) is 0. The first-order valence-electron chi connectivity index (χ1n) is 3.13. The van der Waals surface area contributed by atoms with Crippen LogP contribution in [0.4, 0.5) is 0 Å². The summed E-state index contributed by atoms with van der Waals surface area (Å²) in [5, 5.41) is 0. The Balaban J connectivity index is 3.07. The molecule has 0 aliphatic carbocycles. The molecule has 0 radical (unpaired) electrons. The Morgan fingerprint density at radius 1 is 1.11 bits per heavy atom. The SMILES string of the molecule is CCCC[CH2][Zr]([I])([I])[I]. The quantitative estimate of drug-likeness (QED) is 0.354. The Morgan fingerprint density at radius 2 is 1.67 bits per heavy atom. The average Bonchev–Trinajstić information content (AvgIpc) is 1.63. The molecule has 0 fully saturated rings. The van der Waals surface area contributed by atoms with Crippen molar-refractivity contribution in [2.75, 3.05) is 0 Å². The van der Waals surface area contributed by atoms with Crippen LogP contribution in [0.5, 0.6) is 0 Å². The maximum atomic E-state index is 2.70. The second-order valence-corrected chi connectivity index (χ2v) is 75.6. The van der Waals surface area contributed by atoms with Gasteiger partial charge in [0.1, 0.15) is 0 Å². The standard InChI is InChI=1S/C5H11.3HI.Zr/c1-3-5-4-2;;;;/h1,3-5H2,2H3;3*1H;/q;;;;+3/p-3. The van der Waals surface area contributed by atoms with Crippen LogP contribution in [0, 0.1) is 0 Å². The molecule has 0 saturated heterocycles. The van der Waals surface area contributed by atoms with Gasteiger partial charge < -0.3 is 0 Å². The van der Waals surface area contributed by atoms with E-state index in [9.17, 15) is 0 Å². The van der Waals surface area contributed by atoms with Gasteiger partial charge in [0, 0.05) is 0 Å². The third-order valence-corrected chi connectivity index (χ3v) is 12.9. The summed E-state index contributed by atoms with van der Waals surface area (Å²) in [6.45, 7) is 2.27. The maximum absolute atomic E-state index is 2.70. The molecular weight excluding hydrogens is 532 g/mol. The van der Waals surface area contributed by atoms with Gasteiger partial charge in [0.15, 0.2) is 0 Å². The first kappa shape index (κ1) is 12.1. The Kier molecular flexibility index (Phi) is 8.82. The van der Waals surface area contributed by atoms with Gasteiger partial charge >= 0.3 is 92.1 Å². The summed E-state index contributed by atoms with van der Waals surface area (Å²) in [5.41, 5.74) is 0. The molecule has 4 heteroatoms. The van der Waals surface area contributed by atoms with Crippen LogP contribution in [0.3, 0.4) is 0 Å². The molecule has 0 aromatic carbocycles. The zero-order valence-electron chi connectivity index (χ0n) is 5.46. The molecule has 0 unspecified atom stereocenters. The Bertz CT molecular complexity index is 69.1. The Hall–Kier alpha value is 3.07. The summed E-state index contributed by atoms with van der Waals surface area (Å²) < 4.78 is 1.55. The molecular formula is C5H11I3Zr. The molecule has 0 N–H and O–H groups in total. The zero-order valence-corrected chi connectivity index (χ0v) is 14.4. The molecule has 0 aromatic rings. The van der Waals surface area contributed by atoms with Crippen LogP contribution in [0.25, 0.3) is 0 Å². The number of halogens is 3. The third-order valence-electron chi connectivity index (χ3n) is 1.06. The van der Waals surface area contributed by atoms with E-state index in [0.717, 1.165) is 0 Å². The van der Waals surface area contributed by atoms with Crippen molar-refractivity contribution < 1.29 is 7.70 Å². The van der Waals surface area contributed by atoms with E-state index in [1.807, 2.05) is 0 Å². The fourth-order valence-corrected chi connectivity index (χ4v) is 8.94. The summed E-state index contributed by atoms with van der Waals surface area (Å²) in [5.74, 6) is 0. The Morgan fingerprint density at radius 3 is 2.00 bits per heavy atom. The van der Waals surface area contributed by atoms with E-state index < -0.39 is 7.70 Å². The van der Waals surface area contributed by atoms with E-state index in [-0.39, 0.29) is 0 Å². The zero-order chi connectivity index (χ0) is 7.33. The molecule has 0 bridgehead atoms. The predicted molar refractivity (Wildman–Crippen MR) is 66.4 cm³/mol. The normalized spacial score (nSPS) is 12.0. The van der Waals surface area contributed by atoms with Crippen LogP contribution >= 0.6 is 54.1 Å². The average molecular weight is 543 g/mol. The van der Waals surface area contributed by atoms with Crippen LogP contribution in [0.2, 0.25) is 4.13 Å². The molecule has 0 amide bonds. The molecule has 0 atom stereocenters. The minimum atomic E-state index is -1.42. The van der Waals surface area contributed by atoms with E-state index >= 15 is 0 Å². The molecule has 0 heterocycles. The second kappa shape index (κ2) is 6.57. The van der Waals surface area contributed by atoms with Crippen molar-refractivity contribution in [3.8, 4) is 0 Å². The molecule has 56 valence electrons. The van der Waals surface area contributed by atoms with Crippen molar-refractivity contribution >= 4 is 54.1 Å². The van der Waals surface area contributed by atoms with Gasteiger partial charge in [0.25, 0.3) is 0 Å². The van der Waals surface area contributed by atoms with Crippen molar-refractivity contribution in [1.29, 1.82) is 0 Å². The van der Waals surface area contributed by atoms with Crippen LogP contribution in [0.15, 0.2) is 0 Å². The van der Waals surface area contributed by atoms with Gasteiger partial charge in [-0.15, -0.1) is 0 Å². The molecule has 0 saturated carbocycles. The topological polar surface area (TPSA) is 0 Å². The van der Waals surface area contributed by atoms with Crippen LogP contribution in [0.1, 0.15) is 26.2 Å². The summed E-state index contributed by atoms with van der Waals surface area (Å²) in [7, 11) is -1.42. The van der Waals surface area contributed by atoms with Crippen molar-refractivity contribution in [3.05, 3.63) is 0 Å². The van der Waals surface area contributed by atoms with E-state index in [4.69, 9.17) is 0 Å². The summed E-state index contributed by atoms with van der Waals surface area (Å²) in [6.07, 6.45) is 4.28. The molecule has 0 aromatic heterocycles. The minimum absolute atomic E-state index is 1.37. The van der Waals surface area contributed by atoms with Gasteiger partial charge in [0.2, 0.25) is 0 Å². The van der Waals surface area contributed by atoms with Crippen LogP contribution in [-0.4, -0.2) is 0 Å². The summed E-state index contributed by atoms with van der Waals surface area (Å²) in [4.78, 5) is 0. The van der Waals surface area contributed by atoms with E-state index in [1.54, 1.807) is 4.13 Å². The number of rotatable bonds is 4. The summed E-state index contributed by atoms with van der Waals surface area (Å²) >= 11 is 8.10. The first-order valence-corrected chi connectivity index (χ1v) is 26.8. The van der Waals surface area contributed by atoms with Gasteiger partial charge in [-0.05, 0) is 0 Å². The van der Waals surface area contributed by atoms with Gasteiger partial charge in [0.05, 0.1) is 0 Å². The van der Waals surface area contributed by atoms with E-state index in [1.165, 1.54) is 19.3 Å². The van der Waals surface area contributed by atoms with Gasteiger partial charge in [-0.3, -0.25) is 0 Å². The Labute approximate surface area is 89.8 Å². The molecule has 0 aliphatic heterocycles. The fraction of sp³-hybridized carbons (Fsp3) is 1.00. The van der Waals surface area contributed by atoms with Gasteiger partial charge in [-0.2, -0.15) is 0 Å². The monoisotopic (exact) mass is 542 g/mol. The van der Waals surface area contributed by atoms with Crippen molar-refractivity contribution in [2.45, 2.75) is 30.3 Å². The van der Waals surface area contributed by atoms with E-state index in [2.05, 4.69) is 61.1 Å². The van der Waals surface area contributed by atoms with Crippen molar-refractivity contribution in [2.24, 2.45) is 0 Å². The third kappa shape index (κ3) is 11.1. The number of hydrogen-bond donors (Lipinski definition) is 0. The fourth-order valence-electron chi connectivity index (χ4n) is 0.575.